The Labute approximate surface area is 262 Å². The maximum atomic E-state index is 13.6. The zero-order valence-electron chi connectivity index (χ0n) is 22.4. The molecule has 0 unspecified atom stereocenters. The molecule has 5 aromatic rings. The molecule has 3 heterocycles. The second kappa shape index (κ2) is 12.2. The van der Waals surface area contributed by atoms with Crippen LogP contribution in [0.2, 0.25) is 0 Å². The van der Waals surface area contributed by atoms with Gasteiger partial charge in [-0.3, -0.25) is 9.59 Å². The minimum Gasteiger partial charge on any atom is -0.493 e. The lowest BCUT2D eigenvalue weighted by molar-refractivity contribution is -0.137. The van der Waals surface area contributed by atoms with E-state index in [9.17, 15) is 9.59 Å². The smallest absolute Gasteiger partial charge is 0.282 e. The third-order valence-electron chi connectivity index (χ3n) is 6.73. The number of methoxy groups -OCH3 is 1. The Morgan fingerprint density at radius 3 is 2.76 bits per heavy atom. The van der Waals surface area contributed by atoms with E-state index >= 15 is 0 Å². The van der Waals surface area contributed by atoms with Crippen molar-refractivity contribution in [1.29, 1.82) is 0 Å². The number of para-hydroxylation sites is 1. The lowest BCUT2D eigenvalue weighted by Gasteiger charge is -2.27. The van der Waals surface area contributed by atoms with Gasteiger partial charge in [-0.1, -0.05) is 28.1 Å². The number of nitrogens with zero attached hydrogens (tertiary/aromatic N) is 4. The molecule has 1 fully saturated rings. The summed E-state index contributed by atoms with van der Waals surface area (Å²) in [5, 5.41) is 5.84. The van der Waals surface area contributed by atoms with Crippen LogP contribution < -0.4 is 15.0 Å². The summed E-state index contributed by atoms with van der Waals surface area (Å²) < 4.78 is 25.7. The molecule has 6 rings (SSSR count). The number of carbonyl (C=O) groups is 1. The summed E-state index contributed by atoms with van der Waals surface area (Å²) in [7, 11) is 1.53. The first-order valence-corrected chi connectivity index (χ1v) is 14.9. The standard InChI is InChI=1S/C30H24BrIN4O6/c1-39-25-13-18(12-22(32)28(25)41-17-27(37)35-8-10-40-11-9-35)16-33-36-29(34-23-5-3-2-4-21(23)30(36)38)26-15-19-14-20(31)6-7-24(19)42-26/h2-7,12-16H,8-11,17H2,1H3. The number of hydrogen-bond donors (Lipinski definition) is 0. The van der Waals surface area contributed by atoms with Gasteiger partial charge in [0.2, 0.25) is 5.82 Å². The van der Waals surface area contributed by atoms with Gasteiger partial charge in [0.1, 0.15) is 5.58 Å². The molecule has 42 heavy (non-hydrogen) atoms. The third-order valence-corrected chi connectivity index (χ3v) is 8.02. The molecule has 0 aliphatic carbocycles. The van der Waals surface area contributed by atoms with Gasteiger partial charge in [-0.25, -0.2) is 4.98 Å². The van der Waals surface area contributed by atoms with E-state index in [2.05, 4.69) is 43.6 Å². The number of fused-ring (bicyclic) bond motifs is 2. The van der Waals surface area contributed by atoms with Crippen molar-refractivity contribution < 1.29 is 23.4 Å². The van der Waals surface area contributed by atoms with Gasteiger partial charge in [0.05, 0.1) is 41.0 Å². The molecule has 0 saturated carbocycles. The molecule has 2 aromatic heterocycles. The molecule has 0 radical (unpaired) electrons. The predicted molar refractivity (Wildman–Crippen MR) is 171 cm³/mol. The van der Waals surface area contributed by atoms with Gasteiger partial charge in [0, 0.05) is 22.9 Å². The predicted octanol–water partition coefficient (Wildman–Crippen LogP) is 5.31. The molecule has 3 aromatic carbocycles. The fourth-order valence-electron chi connectivity index (χ4n) is 4.63. The molecule has 0 bridgehead atoms. The Hall–Kier alpha value is -3.75. The van der Waals surface area contributed by atoms with Crippen LogP contribution in [0.4, 0.5) is 0 Å². The highest BCUT2D eigenvalue weighted by Crippen LogP contribution is 2.34. The summed E-state index contributed by atoms with van der Waals surface area (Å²) in [5.74, 6) is 1.45. The zero-order chi connectivity index (χ0) is 29.2. The van der Waals surface area contributed by atoms with Crippen LogP contribution in [-0.4, -0.2) is 66.7 Å². The lowest BCUT2D eigenvalue weighted by atomic mass is 10.2. The highest BCUT2D eigenvalue weighted by atomic mass is 127. The number of furan rings is 1. The second-order valence-corrected chi connectivity index (χ2v) is 11.5. The average Bonchev–Trinajstić information content (AvgIpc) is 3.43. The summed E-state index contributed by atoms with van der Waals surface area (Å²) in [6, 6.07) is 18.2. The molecule has 1 aliphatic heterocycles. The number of carbonyl (C=O) groups excluding carboxylic acids is 1. The number of halogens is 2. The van der Waals surface area contributed by atoms with Crippen molar-refractivity contribution >= 4 is 72.5 Å². The lowest BCUT2D eigenvalue weighted by Crippen LogP contribution is -2.43. The summed E-state index contributed by atoms with van der Waals surface area (Å²) in [6.07, 6.45) is 1.55. The summed E-state index contributed by atoms with van der Waals surface area (Å²) in [6.45, 7) is 2.01. The SMILES string of the molecule is COc1cc(C=Nn2c(-c3cc4cc(Br)ccc4o3)nc3ccccc3c2=O)cc(I)c1OCC(=O)N1CCOCC1. The number of ether oxygens (including phenoxy) is 3. The first-order valence-electron chi connectivity index (χ1n) is 13.0. The molecule has 0 atom stereocenters. The number of aromatic nitrogens is 2. The van der Waals surface area contributed by atoms with E-state index in [4.69, 9.17) is 23.6 Å². The van der Waals surface area contributed by atoms with E-state index in [0.29, 0.717) is 65.6 Å². The highest BCUT2D eigenvalue weighted by Gasteiger charge is 2.20. The fraction of sp³-hybridized carbons (Fsp3) is 0.200. The van der Waals surface area contributed by atoms with E-state index in [1.165, 1.54) is 11.8 Å². The molecular weight excluding hydrogens is 719 g/mol. The first-order chi connectivity index (χ1) is 20.4. The Bertz CT molecular complexity index is 1900. The van der Waals surface area contributed by atoms with Gasteiger partial charge in [0.25, 0.3) is 11.5 Å². The zero-order valence-corrected chi connectivity index (χ0v) is 26.1. The van der Waals surface area contributed by atoms with Crippen molar-refractivity contribution in [2.24, 2.45) is 5.10 Å². The van der Waals surface area contributed by atoms with Crippen molar-refractivity contribution in [3.63, 3.8) is 0 Å². The number of morpholine rings is 1. The largest absolute Gasteiger partial charge is 0.493 e. The van der Waals surface area contributed by atoms with Crippen molar-refractivity contribution in [3.05, 3.63) is 84.6 Å². The van der Waals surface area contributed by atoms with E-state index < -0.39 is 0 Å². The molecular formula is C30H24BrIN4O6. The number of amides is 1. The molecule has 1 aliphatic rings. The number of benzene rings is 3. The molecule has 0 N–H and O–H groups in total. The van der Waals surface area contributed by atoms with Crippen LogP contribution in [-0.2, 0) is 9.53 Å². The quantitative estimate of drug-likeness (QED) is 0.165. The summed E-state index contributed by atoms with van der Waals surface area (Å²) >= 11 is 5.61. The van der Waals surface area contributed by atoms with Crippen LogP contribution in [0.25, 0.3) is 33.5 Å². The van der Waals surface area contributed by atoms with Gasteiger partial charge in [-0.05, 0) is 76.7 Å². The minimum absolute atomic E-state index is 0.115. The van der Waals surface area contributed by atoms with Crippen LogP contribution >= 0.6 is 38.5 Å². The monoisotopic (exact) mass is 742 g/mol. The normalized spacial score (nSPS) is 13.7. The molecule has 1 saturated heterocycles. The van der Waals surface area contributed by atoms with E-state index in [-0.39, 0.29) is 23.9 Å². The molecule has 10 nitrogen and oxygen atoms in total. The van der Waals surface area contributed by atoms with E-state index in [1.807, 2.05) is 36.4 Å². The second-order valence-electron chi connectivity index (χ2n) is 9.42. The molecule has 12 heteroatoms. The van der Waals surface area contributed by atoms with Gasteiger partial charge in [0.15, 0.2) is 23.9 Å². The van der Waals surface area contributed by atoms with Crippen molar-refractivity contribution in [2.75, 3.05) is 40.0 Å². The maximum Gasteiger partial charge on any atom is 0.282 e. The van der Waals surface area contributed by atoms with Crippen molar-refractivity contribution in [1.82, 2.24) is 14.6 Å². The maximum absolute atomic E-state index is 13.6. The van der Waals surface area contributed by atoms with Gasteiger partial charge in [-0.2, -0.15) is 9.78 Å². The van der Waals surface area contributed by atoms with Crippen LogP contribution in [0.3, 0.4) is 0 Å². The Morgan fingerprint density at radius 2 is 1.95 bits per heavy atom. The van der Waals surface area contributed by atoms with Crippen molar-refractivity contribution in [2.45, 2.75) is 0 Å². The van der Waals surface area contributed by atoms with E-state index in [1.54, 1.807) is 35.4 Å². The Balaban J connectivity index is 1.35. The third kappa shape index (κ3) is 5.78. The van der Waals surface area contributed by atoms with Crippen LogP contribution in [0.5, 0.6) is 11.5 Å². The van der Waals surface area contributed by atoms with Crippen molar-refractivity contribution in [3.8, 4) is 23.1 Å². The Kier molecular flexibility index (Phi) is 8.27. The number of hydrogen-bond acceptors (Lipinski definition) is 8. The number of rotatable bonds is 7. The van der Waals surface area contributed by atoms with Crippen LogP contribution in [0, 0.1) is 3.57 Å². The van der Waals surface area contributed by atoms with Crippen LogP contribution in [0.1, 0.15) is 5.56 Å². The van der Waals surface area contributed by atoms with Gasteiger partial charge in [-0.15, -0.1) is 0 Å². The molecule has 0 spiro atoms. The topological polar surface area (TPSA) is 108 Å². The minimum atomic E-state index is -0.336. The first kappa shape index (κ1) is 28.4. The van der Waals surface area contributed by atoms with Gasteiger partial charge >= 0.3 is 0 Å². The fourth-order valence-corrected chi connectivity index (χ4v) is 5.79. The summed E-state index contributed by atoms with van der Waals surface area (Å²) in [4.78, 5) is 32.7. The average molecular weight is 743 g/mol. The Morgan fingerprint density at radius 1 is 1.14 bits per heavy atom. The molecule has 1 amide bonds. The highest BCUT2D eigenvalue weighted by molar-refractivity contribution is 14.1. The molecule has 214 valence electrons. The van der Waals surface area contributed by atoms with Crippen LogP contribution in [0.15, 0.2) is 79.4 Å². The van der Waals surface area contributed by atoms with Gasteiger partial charge < -0.3 is 23.5 Å². The van der Waals surface area contributed by atoms with E-state index in [0.717, 1.165) is 13.4 Å². The summed E-state index contributed by atoms with van der Waals surface area (Å²) in [5.41, 5.74) is 1.52.